The summed E-state index contributed by atoms with van der Waals surface area (Å²) < 4.78 is 1.92. The van der Waals surface area contributed by atoms with Gasteiger partial charge < -0.3 is 9.67 Å². The number of rotatable bonds is 3. The number of imidazole rings is 1. The summed E-state index contributed by atoms with van der Waals surface area (Å²) in [5.74, 6) is 0.0548. The molecule has 0 aliphatic rings. The summed E-state index contributed by atoms with van der Waals surface area (Å²) in [5.41, 5.74) is 2.02. The Morgan fingerprint density at radius 2 is 1.90 bits per heavy atom. The molecule has 106 valence electrons. The Kier molecular flexibility index (Phi) is 3.31. The molecule has 1 heterocycles. The zero-order valence-corrected chi connectivity index (χ0v) is 11.6. The van der Waals surface area contributed by atoms with Crippen LogP contribution in [0.5, 0.6) is 5.75 Å². The topological polar surface area (TPSA) is 67.2 Å². The highest BCUT2D eigenvalue weighted by Gasteiger charge is 2.15. The first-order chi connectivity index (χ1) is 10.2. The van der Waals surface area contributed by atoms with E-state index in [0.717, 1.165) is 11.0 Å². The largest absolute Gasteiger partial charge is 0.507 e. The van der Waals surface area contributed by atoms with Gasteiger partial charge in [0.05, 0.1) is 16.6 Å². The first kappa shape index (κ1) is 13.2. The smallest absolute Gasteiger partial charge is 0.261 e. The molecule has 3 rings (SSSR count). The normalized spacial score (nSPS) is 10.7. The summed E-state index contributed by atoms with van der Waals surface area (Å²) >= 11 is 0. The number of nitrogens with zero attached hydrogens (tertiary/aromatic N) is 2. The average molecular weight is 281 g/mol. The highest BCUT2D eigenvalue weighted by atomic mass is 16.3. The van der Waals surface area contributed by atoms with Gasteiger partial charge >= 0.3 is 0 Å². The van der Waals surface area contributed by atoms with Gasteiger partial charge in [-0.3, -0.25) is 10.1 Å². The lowest BCUT2D eigenvalue weighted by Crippen LogP contribution is -2.15. The number of nitrogens with one attached hydrogen (secondary N) is 1. The number of hydrogen-bond donors (Lipinski definition) is 2. The second-order valence-corrected chi connectivity index (χ2v) is 4.64. The van der Waals surface area contributed by atoms with E-state index in [9.17, 15) is 9.90 Å². The summed E-state index contributed by atoms with van der Waals surface area (Å²) in [6.07, 6.45) is 0. The number of carbonyl (C=O) groups is 1. The summed E-state index contributed by atoms with van der Waals surface area (Å²) in [5, 5.41) is 12.5. The molecule has 0 unspecified atom stereocenters. The number of phenols is 1. The number of phenolic OH excluding ortho intramolecular Hbond substituents is 1. The second-order valence-electron chi connectivity index (χ2n) is 4.64. The predicted octanol–water partition coefficient (Wildman–Crippen LogP) is 3.01. The maximum absolute atomic E-state index is 12.3. The van der Waals surface area contributed by atoms with Gasteiger partial charge in [0.2, 0.25) is 5.95 Å². The molecular weight excluding hydrogens is 266 g/mol. The quantitative estimate of drug-likeness (QED) is 0.775. The monoisotopic (exact) mass is 281 g/mol. The van der Waals surface area contributed by atoms with Crippen molar-refractivity contribution in [2.75, 3.05) is 5.32 Å². The molecule has 0 aliphatic carbocycles. The van der Waals surface area contributed by atoms with Crippen LogP contribution >= 0.6 is 0 Å². The van der Waals surface area contributed by atoms with Crippen LogP contribution < -0.4 is 5.32 Å². The van der Waals surface area contributed by atoms with Gasteiger partial charge in [-0.2, -0.15) is 0 Å². The van der Waals surface area contributed by atoms with Crippen LogP contribution in [0.4, 0.5) is 5.95 Å². The first-order valence-corrected chi connectivity index (χ1v) is 6.75. The molecule has 5 heteroatoms. The number of aryl methyl sites for hydroxylation is 1. The SMILES string of the molecule is CCn1c(NC(=O)c2ccccc2O)nc2ccccc21. The van der Waals surface area contributed by atoms with Crippen molar-refractivity contribution in [3.63, 3.8) is 0 Å². The van der Waals surface area contributed by atoms with Crippen molar-refractivity contribution in [1.82, 2.24) is 9.55 Å². The van der Waals surface area contributed by atoms with Gasteiger partial charge in [0.1, 0.15) is 5.75 Å². The predicted molar refractivity (Wildman–Crippen MR) is 81.5 cm³/mol. The van der Waals surface area contributed by atoms with Crippen LogP contribution in [0.25, 0.3) is 11.0 Å². The Morgan fingerprint density at radius 3 is 2.67 bits per heavy atom. The molecule has 2 N–H and O–H groups in total. The third-order valence-electron chi connectivity index (χ3n) is 3.34. The van der Waals surface area contributed by atoms with Gasteiger partial charge in [-0.25, -0.2) is 4.98 Å². The maximum Gasteiger partial charge on any atom is 0.261 e. The van der Waals surface area contributed by atoms with Gasteiger partial charge in [-0.15, -0.1) is 0 Å². The van der Waals surface area contributed by atoms with E-state index in [0.29, 0.717) is 12.5 Å². The molecule has 3 aromatic rings. The van der Waals surface area contributed by atoms with Crippen molar-refractivity contribution in [2.45, 2.75) is 13.5 Å². The Hall–Kier alpha value is -2.82. The van der Waals surface area contributed by atoms with Crippen LogP contribution in [0.1, 0.15) is 17.3 Å². The van der Waals surface area contributed by atoms with E-state index in [-0.39, 0.29) is 17.2 Å². The van der Waals surface area contributed by atoms with Crippen molar-refractivity contribution >= 4 is 22.9 Å². The van der Waals surface area contributed by atoms with E-state index in [2.05, 4.69) is 10.3 Å². The van der Waals surface area contributed by atoms with Crippen LogP contribution in [0.3, 0.4) is 0 Å². The minimum atomic E-state index is -0.377. The number of aromatic nitrogens is 2. The van der Waals surface area contributed by atoms with Crippen molar-refractivity contribution in [3.8, 4) is 5.75 Å². The number of amides is 1. The van der Waals surface area contributed by atoms with Gasteiger partial charge in [-0.05, 0) is 31.2 Å². The van der Waals surface area contributed by atoms with Crippen molar-refractivity contribution < 1.29 is 9.90 Å². The van der Waals surface area contributed by atoms with Crippen LogP contribution in [0.15, 0.2) is 48.5 Å². The Balaban J connectivity index is 1.98. The fraction of sp³-hybridized carbons (Fsp3) is 0.125. The van der Waals surface area contributed by atoms with Gasteiger partial charge in [-0.1, -0.05) is 24.3 Å². The molecule has 0 saturated carbocycles. The van der Waals surface area contributed by atoms with Gasteiger partial charge in [0.15, 0.2) is 0 Å². The van der Waals surface area contributed by atoms with Crippen LogP contribution in [0.2, 0.25) is 0 Å². The summed E-state index contributed by atoms with van der Waals surface area (Å²) in [6.45, 7) is 2.68. The standard InChI is InChI=1S/C16H15N3O2/c1-2-19-13-9-5-4-8-12(13)17-16(19)18-15(21)11-7-3-6-10-14(11)20/h3-10,20H,2H2,1H3,(H,17,18,21). The summed E-state index contributed by atoms with van der Waals surface area (Å²) in [4.78, 5) is 16.7. The molecule has 0 radical (unpaired) electrons. The highest BCUT2D eigenvalue weighted by molar-refractivity contribution is 6.05. The fourth-order valence-electron chi connectivity index (χ4n) is 2.33. The van der Waals surface area contributed by atoms with Crippen molar-refractivity contribution in [1.29, 1.82) is 0 Å². The number of fused-ring (bicyclic) bond motifs is 1. The molecule has 5 nitrogen and oxygen atoms in total. The van der Waals surface area contributed by atoms with Gasteiger partial charge in [0.25, 0.3) is 5.91 Å². The second kappa shape index (κ2) is 5.28. The van der Waals surface area contributed by atoms with E-state index in [1.54, 1.807) is 18.2 Å². The summed E-state index contributed by atoms with van der Waals surface area (Å²) in [7, 11) is 0. The molecule has 0 aliphatic heterocycles. The van der Waals surface area contributed by atoms with Crippen LogP contribution in [0, 0.1) is 0 Å². The highest BCUT2D eigenvalue weighted by Crippen LogP contribution is 2.21. The zero-order chi connectivity index (χ0) is 14.8. The van der Waals surface area contributed by atoms with Crippen LogP contribution in [-0.2, 0) is 6.54 Å². The Bertz CT molecular complexity index is 808. The molecule has 0 saturated heterocycles. The maximum atomic E-state index is 12.3. The molecule has 1 aromatic heterocycles. The molecule has 0 fully saturated rings. The third kappa shape index (κ3) is 2.33. The lowest BCUT2D eigenvalue weighted by molar-refractivity contribution is 0.102. The average Bonchev–Trinajstić information content (AvgIpc) is 2.84. The van der Waals surface area contributed by atoms with Crippen LogP contribution in [-0.4, -0.2) is 20.6 Å². The Morgan fingerprint density at radius 1 is 1.19 bits per heavy atom. The van der Waals surface area contributed by atoms with Crippen molar-refractivity contribution in [3.05, 3.63) is 54.1 Å². The van der Waals surface area contributed by atoms with E-state index in [1.807, 2.05) is 35.8 Å². The lowest BCUT2D eigenvalue weighted by atomic mass is 10.2. The molecule has 0 bridgehead atoms. The summed E-state index contributed by atoms with van der Waals surface area (Å²) in [6, 6.07) is 14.1. The minimum Gasteiger partial charge on any atom is -0.507 e. The number of anilines is 1. The zero-order valence-electron chi connectivity index (χ0n) is 11.6. The third-order valence-corrected chi connectivity index (χ3v) is 3.34. The van der Waals surface area contributed by atoms with E-state index in [4.69, 9.17) is 0 Å². The number of carbonyl (C=O) groups excluding carboxylic acids is 1. The molecule has 0 spiro atoms. The van der Waals surface area contributed by atoms with E-state index >= 15 is 0 Å². The first-order valence-electron chi connectivity index (χ1n) is 6.75. The number of benzene rings is 2. The number of hydrogen-bond acceptors (Lipinski definition) is 3. The lowest BCUT2D eigenvalue weighted by Gasteiger charge is -2.08. The number of aromatic hydroxyl groups is 1. The van der Waals surface area contributed by atoms with E-state index < -0.39 is 0 Å². The molecular formula is C16H15N3O2. The van der Waals surface area contributed by atoms with Crippen molar-refractivity contribution in [2.24, 2.45) is 0 Å². The van der Waals surface area contributed by atoms with Gasteiger partial charge in [0, 0.05) is 6.54 Å². The molecule has 1 amide bonds. The van der Waals surface area contributed by atoms with E-state index in [1.165, 1.54) is 6.07 Å². The fourth-order valence-corrected chi connectivity index (χ4v) is 2.33. The molecule has 21 heavy (non-hydrogen) atoms. The molecule has 2 aromatic carbocycles. The Labute approximate surface area is 121 Å². The molecule has 0 atom stereocenters. The minimum absolute atomic E-state index is 0.0471. The number of para-hydroxylation sites is 3.